The Kier molecular flexibility index (Phi) is 12.8. The molecule has 0 aromatic carbocycles. The molecule has 0 saturated carbocycles. The molecule has 0 heterocycles. The Morgan fingerprint density at radius 1 is 0.364 bits per heavy atom. The lowest BCUT2D eigenvalue weighted by molar-refractivity contribution is -0.433. The van der Waals surface area contributed by atoms with Gasteiger partial charge in [-0.15, -0.1) is 0 Å². The van der Waals surface area contributed by atoms with E-state index < -0.39 is 119 Å². The zero-order valence-electron chi connectivity index (χ0n) is 24.8. The van der Waals surface area contributed by atoms with Crippen LogP contribution in [0.1, 0.15) is 13.8 Å². The van der Waals surface area contributed by atoms with Crippen molar-refractivity contribution >= 4 is 31.6 Å². The monoisotopic (exact) mass is 924 g/mol. The summed E-state index contributed by atoms with van der Waals surface area (Å²) in [5, 5.41) is -19.0. The topological polar surface area (TPSA) is 121 Å². The molecule has 0 amide bonds. The Morgan fingerprint density at radius 3 is 0.709 bits per heavy atom. The lowest BCUT2D eigenvalue weighted by atomic mass is 9.98. The quantitative estimate of drug-likeness (QED) is 0.0920. The van der Waals surface area contributed by atoms with E-state index in [0.717, 1.165) is 0 Å². The molecule has 0 aromatic heterocycles. The maximum atomic E-state index is 15.0. The zero-order valence-corrected chi connectivity index (χ0v) is 26.5. The van der Waals surface area contributed by atoms with Crippen molar-refractivity contribution in [3.8, 4) is 0 Å². The second-order valence-electron chi connectivity index (χ2n) is 9.69. The van der Waals surface area contributed by atoms with Gasteiger partial charge >= 0.3 is 86.3 Å². The molecule has 0 N–H and O–H groups in total. The Hall–Kier alpha value is -2.98. The summed E-state index contributed by atoms with van der Waals surface area (Å²) in [5.41, 5.74) is 0. The van der Waals surface area contributed by atoms with E-state index in [1.807, 2.05) is 0 Å². The average molecular weight is 924 g/mol. The van der Waals surface area contributed by atoms with Gasteiger partial charge in [-0.2, -0.15) is 114 Å². The Morgan fingerprint density at radius 2 is 0.545 bits per heavy atom. The van der Waals surface area contributed by atoms with Crippen LogP contribution in [-0.2, 0) is 38.7 Å². The molecule has 36 heteroatoms. The third-order valence-electron chi connectivity index (χ3n) is 6.33. The number of ether oxygens (including phenoxy) is 2. The van der Waals surface area contributed by atoms with Crippen LogP contribution in [0.5, 0.6) is 0 Å². The fourth-order valence-corrected chi connectivity index (χ4v) is 7.88. The minimum atomic E-state index is -10.5. The van der Waals surface area contributed by atoms with Gasteiger partial charge in [0, 0.05) is 0 Å². The molecule has 0 atom stereocenters. The largest absolute Gasteiger partial charge is 0.464 e. The van der Waals surface area contributed by atoms with Gasteiger partial charge in [-0.25, -0.2) is 26.4 Å². The lowest BCUT2D eigenvalue weighted by Crippen LogP contribution is -2.77. The van der Waals surface area contributed by atoms with Crippen LogP contribution in [-0.4, -0.2) is 116 Å². The van der Waals surface area contributed by atoms with Crippen LogP contribution in [0.3, 0.4) is 0 Å². The number of halogens is 26. The number of esters is 2. The highest BCUT2D eigenvalue weighted by Gasteiger charge is 2.98. The minimum absolute atomic E-state index is 0.0333. The highest BCUT2D eigenvalue weighted by atomic mass is 32.3. The van der Waals surface area contributed by atoms with Crippen molar-refractivity contribution < 1.29 is 150 Å². The van der Waals surface area contributed by atoms with E-state index in [-0.39, 0.29) is 13.8 Å². The smallest absolute Gasteiger partial charge is 0.460 e. The number of sulfone groups is 2. The lowest BCUT2D eigenvalue weighted by Gasteiger charge is -2.42. The fourth-order valence-electron chi connectivity index (χ4n) is 3.33. The number of carbonyl (C=O) groups excluding carboxylic acids is 2. The molecule has 0 rings (SSSR count). The molecule has 8 nitrogen and oxygen atoms in total. The van der Waals surface area contributed by atoms with E-state index in [9.17, 15) is 123 Å². The van der Waals surface area contributed by atoms with Crippen LogP contribution in [0.25, 0.3) is 0 Å². The first-order valence-corrected chi connectivity index (χ1v) is 15.2. The van der Waals surface area contributed by atoms with Crippen LogP contribution < -0.4 is 0 Å². The van der Waals surface area contributed by atoms with E-state index in [1.165, 1.54) is 0 Å². The molecule has 0 aromatic rings. The SMILES string of the molecule is CCOC(=O)C(C(=O)OCC)(S(=O)(=O)C(F)(F)C(F)(F)C(F)(F)C(F)(F)C(F)(F)C(F)(F)F)S(=O)(=O)C(F)(F)C(F)(F)C(F)(F)C(F)(F)C(F)(F)C(F)(F)F. The van der Waals surface area contributed by atoms with Crippen molar-refractivity contribution in [3.05, 3.63) is 0 Å². The molecule has 0 fully saturated rings. The molecule has 0 bridgehead atoms. The number of carbonyl (C=O) groups is 2. The Labute approximate surface area is 283 Å². The van der Waals surface area contributed by atoms with Gasteiger partial charge in [-0.1, -0.05) is 0 Å². The van der Waals surface area contributed by atoms with Gasteiger partial charge in [-0.3, -0.25) is 0 Å². The normalized spacial score (nSPS) is 16.2. The Bertz CT molecular complexity index is 1570. The first kappa shape index (κ1) is 52.0. The summed E-state index contributed by atoms with van der Waals surface area (Å²) >= 11 is 0. The summed E-state index contributed by atoms with van der Waals surface area (Å²) in [6.07, 6.45) is -16.6. The summed E-state index contributed by atoms with van der Waals surface area (Å²) in [6, 6.07) is 0. The third kappa shape index (κ3) is 6.16. The predicted molar refractivity (Wildman–Crippen MR) is 115 cm³/mol. The van der Waals surface area contributed by atoms with Crippen molar-refractivity contribution in [3.63, 3.8) is 0 Å². The van der Waals surface area contributed by atoms with Crippen molar-refractivity contribution in [2.45, 2.75) is 88.2 Å². The summed E-state index contributed by atoms with van der Waals surface area (Å²) in [7, 11) is -20.9. The van der Waals surface area contributed by atoms with Crippen molar-refractivity contribution in [1.82, 2.24) is 0 Å². The molecule has 0 aliphatic rings. The van der Waals surface area contributed by atoms with Crippen molar-refractivity contribution in [2.24, 2.45) is 0 Å². The molecule has 0 radical (unpaired) electrons. The van der Waals surface area contributed by atoms with E-state index >= 15 is 17.6 Å². The second-order valence-corrected chi connectivity index (χ2v) is 14.2. The fraction of sp³-hybridized carbons (Fsp3) is 0.895. The Balaban J connectivity index is 8.98. The van der Waals surface area contributed by atoms with Crippen molar-refractivity contribution in [2.75, 3.05) is 13.2 Å². The first-order valence-electron chi connectivity index (χ1n) is 12.2. The van der Waals surface area contributed by atoms with E-state index in [1.54, 1.807) is 0 Å². The van der Waals surface area contributed by atoms with E-state index in [0.29, 0.717) is 0 Å². The number of alkyl halides is 26. The maximum absolute atomic E-state index is 15.0. The number of hydrogen-bond donors (Lipinski definition) is 0. The van der Waals surface area contributed by atoms with Crippen LogP contribution in [0.2, 0.25) is 0 Å². The van der Waals surface area contributed by atoms with Gasteiger partial charge in [0.2, 0.25) is 0 Å². The summed E-state index contributed by atoms with van der Waals surface area (Å²) in [6.45, 7) is -4.50. The third-order valence-corrected chi connectivity index (χ3v) is 11.7. The van der Waals surface area contributed by atoms with Gasteiger partial charge in [0.15, 0.2) is 0 Å². The van der Waals surface area contributed by atoms with Crippen LogP contribution in [0, 0.1) is 0 Å². The first-order chi connectivity index (χ1) is 23.5. The highest BCUT2D eigenvalue weighted by molar-refractivity contribution is 8.13. The maximum Gasteiger partial charge on any atom is 0.460 e. The molecule has 55 heavy (non-hydrogen) atoms. The predicted octanol–water partition coefficient (Wildman–Crippen LogP) is 7.03. The zero-order chi connectivity index (χ0) is 45.5. The molecular weight excluding hydrogens is 914 g/mol. The second kappa shape index (κ2) is 13.6. The minimum Gasteiger partial charge on any atom is -0.464 e. The molecule has 0 spiro atoms. The van der Waals surface area contributed by atoms with Crippen LogP contribution >= 0.6 is 0 Å². The van der Waals surface area contributed by atoms with Gasteiger partial charge in [0.1, 0.15) is 0 Å². The highest BCUT2D eigenvalue weighted by Crippen LogP contribution is 2.65. The van der Waals surface area contributed by atoms with Crippen molar-refractivity contribution in [1.29, 1.82) is 0 Å². The van der Waals surface area contributed by atoms with Gasteiger partial charge in [-0.05, 0) is 13.8 Å². The van der Waals surface area contributed by atoms with E-state index in [4.69, 9.17) is 0 Å². The number of hydrogen-bond acceptors (Lipinski definition) is 8. The number of rotatable bonds is 16. The molecule has 0 aliphatic heterocycles. The molecule has 328 valence electrons. The van der Waals surface area contributed by atoms with Gasteiger partial charge < -0.3 is 9.47 Å². The van der Waals surface area contributed by atoms with Crippen LogP contribution in [0.15, 0.2) is 0 Å². The standard InChI is InChI=1S/C19H10F26O8S2/c1-3-52-5(46)7(6(47)53-4-2,54(48,49)18(42,43)14(32,33)10(24,25)8(20,21)12(28,29)16(36,37)38)55(50,51)19(44,45)15(34,35)11(26,27)9(22,23)13(30,31)17(39,40)41/h3-4H2,1-2H3. The summed E-state index contributed by atoms with van der Waals surface area (Å²) in [5.74, 6) is -83.9. The van der Waals surface area contributed by atoms with Gasteiger partial charge in [0.05, 0.1) is 13.2 Å². The molecule has 0 saturated heterocycles. The molecular formula is C19H10F26O8S2. The molecule has 0 unspecified atom stereocenters. The average Bonchev–Trinajstić information content (AvgIpc) is 2.95. The molecule has 0 aliphatic carbocycles. The van der Waals surface area contributed by atoms with E-state index in [2.05, 4.69) is 9.47 Å². The summed E-state index contributed by atoms with van der Waals surface area (Å²) in [4.78, 5) is 24.9. The van der Waals surface area contributed by atoms with Gasteiger partial charge in [0.25, 0.3) is 19.7 Å². The van der Waals surface area contributed by atoms with Crippen LogP contribution in [0.4, 0.5) is 114 Å². The summed E-state index contributed by atoms with van der Waals surface area (Å²) < 4.78 is 405.